The van der Waals surface area contributed by atoms with Gasteiger partial charge in [-0.25, -0.2) is 0 Å². The van der Waals surface area contributed by atoms with Gasteiger partial charge in [0.25, 0.3) is 0 Å². The lowest BCUT2D eigenvalue weighted by Gasteiger charge is -2.26. The minimum atomic E-state index is -0.401. The molecule has 0 aliphatic carbocycles. The lowest BCUT2D eigenvalue weighted by Crippen LogP contribution is -2.36. The van der Waals surface area contributed by atoms with Crippen molar-refractivity contribution in [2.24, 2.45) is 5.92 Å². The van der Waals surface area contributed by atoms with Crippen molar-refractivity contribution in [1.82, 2.24) is 4.90 Å². The molecule has 0 aromatic heterocycles. The second-order valence-corrected chi connectivity index (χ2v) is 5.27. The highest BCUT2D eigenvalue weighted by molar-refractivity contribution is 5.17. The van der Waals surface area contributed by atoms with Crippen molar-refractivity contribution >= 4 is 0 Å². The van der Waals surface area contributed by atoms with Crippen LogP contribution in [-0.4, -0.2) is 40.9 Å². The van der Waals surface area contributed by atoms with Crippen LogP contribution in [0.5, 0.6) is 0 Å². The normalized spacial score (nSPS) is 26.4. The smallest absolute Gasteiger partial charge is 0.0802 e. The first-order chi connectivity index (χ1) is 8.72. The molecule has 3 nitrogen and oxygen atoms in total. The van der Waals surface area contributed by atoms with E-state index in [4.69, 9.17) is 0 Å². The molecule has 1 fully saturated rings. The van der Waals surface area contributed by atoms with Crippen LogP contribution in [0.3, 0.4) is 0 Å². The van der Waals surface area contributed by atoms with E-state index in [2.05, 4.69) is 11.8 Å². The lowest BCUT2D eigenvalue weighted by molar-refractivity contribution is 0.107. The number of likely N-dealkylation sites (tertiary alicyclic amines) is 1. The van der Waals surface area contributed by atoms with Crippen molar-refractivity contribution < 1.29 is 10.2 Å². The highest BCUT2D eigenvalue weighted by Crippen LogP contribution is 2.25. The Balaban J connectivity index is 1.85. The van der Waals surface area contributed by atoms with Crippen LogP contribution < -0.4 is 0 Å². The van der Waals surface area contributed by atoms with Gasteiger partial charge < -0.3 is 10.2 Å². The van der Waals surface area contributed by atoms with Crippen molar-refractivity contribution in [3.63, 3.8) is 0 Å². The van der Waals surface area contributed by atoms with Gasteiger partial charge in [0.15, 0.2) is 0 Å². The van der Waals surface area contributed by atoms with E-state index >= 15 is 0 Å². The van der Waals surface area contributed by atoms with E-state index in [0.717, 1.165) is 31.5 Å². The van der Waals surface area contributed by atoms with E-state index in [1.165, 1.54) is 0 Å². The second kappa shape index (κ2) is 6.32. The van der Waals surface area contributed by atoms with E-state index in [1.54, 1.807) is 0 Å². The van der Waals surface area contributed by atoms with Crippen LogP contribution in [0.15, 0.2) is 30.3 Å². The quantitative estimate of drug-likeness (QED) is 0.836. The van der Waals surface area contributed by atoms with Crippen molar-refractivity contribution in [2.45, 2.75) is 31.9 Å². The third-order valence-electron chi connectivity index (χ3n) is 4.06. The highest BCUT2D eigenvalue weighted by Gasteiger charge is 2.30. The summed E-state index contributed by atoms with van der Waals surface area (Å²) in [6.45, 7) is 4.30. The van der Waals surface area contributed by atoms with Crippen molar-refractivity contribution in [3.05, 3.63) is 35.9 Å². The number of hydrogen-bond acceptors (Lipinski definition) is 3. The summed E-state index contributed by atoms with van der Waals surface area (Å²) in [6, 6.07) is 10.1. The fourth-order valence-corrected chi connectivity index (χ4v) is 2.79. The van der Waals surface area contributed by atoms with Crippen molar-refractivity contribution in [2.75, 3.05) is 19.7 Å². The molecule has 3 atom stereocenters. The molecule has 1 aliphatic rings. The molecule has 100 valence electrons. The third-order valence-corrected chi connectivity index (χ3v) is 4.06. The van der Waals surface area contributed by atoms with E-state index in [-0.39, 0.29) is 12.6 Å². The zero-order chi connectivity index (χ0) is 13.0. The summed E-state index contributed by atoms with van der Waals surface area (Å²) >= 11 is 0. The first kappa shape index (κ1) is 13.5. The molecule has 1 aromatic carbocycles. The molecule has 1 saturated heterocycles. The monoisotopic (exact) mass is 249 g/mol. The van der Waals surface area contributed by atoms with Crippen LogP contribution in [0.25, 0.3) is 0 Å². The van der Waals surface area contributed by atoms with Gasteiger partial charge in [0.1, 0.15) is 0 Å². The molecule has 0 saturated carbocycles. The zero-order valence-corrected chi connectivity index (χ0v) is 11.0. The maximum absolute atomic E-state index is 10.1. The van der Waals surface area contributed by atoms with Gasteiger partial charge >= 0.3 is 0 Å². The van der Waals surface area contributed by atoms with E-state index in [0.29, 0.717) is 5.92 Å². The molecule has 0 radical (unpaired) electrons. The zero-order valence-electron chi connectivity index (χ0n) is 11.0. The van der Waals surface area contributed by atoms with Gasteiger partial charge in [-0.05, 0) is 30.9 Å². The molecule has 18 heavy (non-hydrogen) atoms. The fraction of sp³-hybridized carbons (Fsp3) is 0.600. The molecular formula is C15H23NO2. The molecule has 1 heterocycles. The van der Waals surface area contributed by atoms with Gasteiger partial charge in [-0.3, -0.25) is 4.90 Å². The van der Waals surface area contributed by atoms with Crippen LogP contribution in [0.2, 0.25) is 0 Å². The van der Waals surface area contributed by atoms with Crippen LogP contribution in [0, 0.1) is 5.92 Å². The minimum Gasteiger partial charge on any atom is -0.395 e. The first-order valence-electron chi connectivity index (χ1n) is 6.80. The summed E-state index contributed by atoms with van der Waals surface area (Å²) in [5.41, 5.74) is 0.977. The molecule has 1 aromatic rings. The van der Waals surface area contributed by atoms with Crippen LogP contribution >= 0.6 is 0 Å². The predicted molar refractivity (Wildman–Crippen MR) is 72.2 cm³/mol. The van der Waals surface area contributed by atoms with Crippen molar-refractivity contribution in [1.29, 1.82) is 0 Å². The topological polar surface area (TPSA) is 43.7 Å². The Hall–Kier alpha value is -0.900. The molecule has 3 unspecified atom stereocenters. The largest absolute Gasteiger partial charge is 0.395 e. The Morgan fingerprint density at radius 3 is 2.72 bits per heavy atom. The summed E-state index contributed by atoms with van der Waals surface area (Å²) in [5, 5.41) is 19.5. The van der Waals surface area contributed by atoms with Gasteiger partial charge in [-0.1, -0.05) is 37.3 Å². The SMILES string of the molecule is CC1CCN(CCC(O)c2ccccc2)C1CO. The number of aliphatic hydroxyl groups is 2. The Morgan fingerprint density at radius 1 is 1.33 bits per heavy atom. The summed E-state index contributed by atoms with van der Waals surface area (Å²) in [6.07, 6.45) is 1.47. The summed E-state index contributed by atoms with van der Waals surface area (Å²) in [5.74, 6) is 0.559. The Kier molecular flexibility index (Phi) is 4.75. The molecule has 2 rings (SSSR count). The average Bonchev–Trinajstić information content (AvgIpc) is 2.77. The summed E-state index contributed by atoms with van der Waals surface area (Å²) in [4.78, 5) is 2.30. The standard InChI is InChI=1S/C15H23NO2/c1-12-7-9-16(14(12)11-17)10-8-15(18)13-5-3-2-4-6-13/h2-6,12,14-15,17-18H,7-11H2,1H3. The van der Waals surface area contributed by atoms with E-state index in [9.17, 15) is 10.2 Å². The average molecular weight is 249 g/mol. The van der Waals surface area contributed by atoms with Gasteiger partial charge in [-0.2, -0.15) is 0 Å². The summed E-state index contributed by atoms with van der Waals surface area (Å²) < 4.78 is 0. The Labute approximate surface area is 109 Å². The number of aliphatic hydroxyl groups excluding tert-OH is 2. The second-order valence-electron chi connectivity index (χ2n) is 5.27. The van der Waals surface area contributed by atoms with Gasteiger partial charge in [0, 0.05) is 12.6 Å². The van der Waals surface area contributed by atoms with Gasteiger partial charge in [0.2, 0.25) is 0 Å². The fourth-order valence-electron chi connectivity index (χ4n) is 2.79. The lowest BCUT2D eigenvalue weighted by atomic mass is 10.0. The van der Waals surface area contributed by atoms with Crippen LogP contribution in [0.1, 0.15) is 31.4 Å². The number of benzene rings is 1. The number of nitrogens with zero attached hydrogens (tertiary/aromatic N) is 1. The van der Waals surface area contributed by atoms with Crippen molar-refractivity contribution in [3.8, 4) is 0 Å². The molecule has 0 bridgehead atoms. The summed E-state index contributed by atoms with van der Waals surface area (Å²) in [7, 11) is 0. The molecule has 2 N–H and O–H groups in total. The molecule has 0 spiro atoms. The minimum absolute atomic E-state index is 0.225. The third kappa shape index (κ3) is 3.10. The Morgan fingerprint density at radius 2 is 2.06 bits per heavy atom. The molecular weight excluding hydrogens is 226 g/mol. The first-order valence-corrected chi connectivity index (χ1v) is 6.80. The molecule has 1 aliphatic heterocycles. The highest BCUT2D eigenvalue weighted by atomic mass is 16.3. The number of rotatable bonds is 5. The Bertz CT molecular complexity index is 355. The predicted octanol–water partition coefficient (Wildman–Crippen LogP) is 1.81. The maximum atomic E-state index is 10.1. The molecule has 3 heteroatoms. The molecule has 0 amide bonds. The van der Waals surface area contributed by atoms with E-state index < -0.39 is 6.10 Å². The van der Waals surface area contributed by atoms with Crippen LogP contribution in [0.4, 0.5) is 0 Å². The van der Waals surface area contributed by atoms with Crippen LogP contribution in [-0.2, 0) is 0 Å². The van der Waals surface area contributed by atoms with Gasteiger partial charge in [0.05, 0.1) is 12.7 Å². The van der Waals surface area contributed by atoms with Gasteiger partial charge in [-0.15, -0.1) is 0 Å². The number of hydrogen-bond donors (Lipinski definition) is 2. The van der Waals surface area contributed by atoms with E-state index in [1.807, 2.05) is 30.3 Å². The maximum Gasteiger partial charge on any atom is 0.0802 e.